The molecule has 0 aliphatic heterocycles. The molecule has 15 heteroatoms. The quantitative estimate of drug-likeness (QED) is 0.482. The molecule has 0 aromatic heterocycles. The van der Waals surface area contributed by atoms with E-state index in [4.69, 9.17) is 0 Å². The lowest BCUT2D eigenvalue weighted by Gasteiger charge is -2.45. The van der Waals surface area contributed by atoms with Gasteiger partial charge in [-0.05, 0) is 14.1 Å². The van der Waals surface area contributed by atoms with Crippen LogP contribution < -0.4 is 0 Å². The van der Waals surface area contributed by atoms with Crippen molar-refractivity contribution in [1.82, 2.24) is 4.31 Å². The Labute approximate surface area is 123 Å². The zero-order valence-electron chi connectivity index (χ0n) is 10.8. The molecule has 23 heavy (non-hydrogen) atoms. The summed E-state index contributed by atoms with van der Waals surface area (Å²) in [5.74, 6) is -7.59. The molecule has 0 aliphatic carbocycles. The predicted molar refractivity (Wildman–Crippen MR) is 51.8 cm³/mol. The van der Waals surface area contributed by atoms with Crippen LogP contribution in [0.1, 0.15) is 0 Å². The van der Waals surface area contributed by atoms with Gasteiger partial charge >= 0.3 is 35.1 Å². The molecule has 0 aromatic carbocycles. The first-order chi connectivity index (χ1) is 9.67. The van der Waals surface area contributed by atoms with Crippen LogP contribution in [0.3, 0.4) is 0 Å². The van der Waals surface area contributed by atoms with Crippen LogP contribution in [-0.2, 0) is 0 Å². The molecule has 0 atom stereocenters. The minimum Gasteiger partial charge on any atom is -0.252 e. The normalized spacial score (nSPS) is 16.2. The highest BCUT2D eigenvalue weighted by atomic mass is 32.2. The molecule has 140 valence electrons. The standard InChI is InChI=1S/C8H6F13NS/c1-22(2)23-8(20,21)4(9,10)3(5(11,12)13,6(14,15)16)7(17,18)19/h1-2H3. The van der Waals surface area contributed by atoms with E-state index in [-0.39, 0.29) is 4.31 Å². The summed E-state index contributed by atoms with van der Waals surface area (Å²) in [5.41, 5.74) is -7.95. The van der Waals surface area contributed by atoms with Crippen LogP contribution in [0.5, 0.6) is 0 Å². The second-order valence-corrected chi connectivity index (χ2v) is 5.66. The number of alkyl halides is 13. The van der Waals surface area contributed by atoms with Gasteiger partial charge in [-0.1, -0.05) is 0 Å². The van der Waals surface area contributed by atoms with Crippen LogP contribution in [0, 0.1) is 5.41 Å². The predicted octanol–water partition coefficient (Wildman–Crippen LogP) is 5.10. The second-order valence-electron chi connectivity index (χ2n) is 4.24. The smallest absolute Gasteiger partial charge is 0.252 e. The first-order valence-corrected chi connectivity index (χ1v) is 5.76. The molecule has 0 saturated carbocycles. The maximum Gasteiger partial charge on any atom is 0.418 e. The number of rotatable bonds is 4. The van der Waals surface area contributed by atoms with E-state index in [1.54, 1.807) is 0 Å². The van der Waals surface area contributed by atoms with Crippen molar-refractivity contribution in [3.8, 4) is 0 Å². The molecule has 0 N–H and O–H groups in total. The lowest BCUT2D eigenvalue weighted by atomic mass is 9.78. The van der Waals surface area contributed by atoms with Crippen LogP contribution >= 0.6 is 11.9 Å². The van der Waals surface area contributed by atoms with Crippen LogP contribution in [-0.4, -0.2) is 48.1 Å². The monoisotopic (exact) mass is 395 g/mol. The topological polar surface area (TPSA) is 3.24 Å². The molecule has 0 unspecified atom stereocenters. The molecule has 0 heterocycles. The number of hydrogen-bond donors (Lipinski definition) is 0. The van der Waals surface area contributed by atoms with Crippen LogP contribution in [0.2, 0.25) is 0 Å². The average molecular weight is 395 g/mol. The minimum atomic E-state index is -7.95. The van der Waals surface area contributed by atoms with Gasteiger partial charge in [0.05, 0.1) is 0 Å². The van der Waals surface area contributed by atoms with Crippen molar-refractivity contribution < 1.29 is 57.1 Å². The zero-order valence-corrected chi connectivity index (χ0v) is 11.6. The Balaban J connectivity index is 6.83. The molecule has 0 saturated heterocycles. The second kappa shape index (κ2) is 5.74. The number of nitrogens with zero attached hydrogens (tertiary/aromatic N) is 1. The Kier molecular flexibility index (Phi) is 5.59. The van der Waals surface area contributed by atoms with E-state index in [9.17, 15) is 57.1 Å². The summed E-state index contributed by atoms with van der Waals surface area (Å²) in [6.45, 7) is 0. The molecule has 0 aliphatic rings. The van der Waals surface area contributed by atoms with E-state index in [0.717, 1.165) is 0 Å². The van der Waals surface area contributed by atoms with Gasteiger partial charge in [0.25, 0.3) is 0 Å². The lowest BCUT2D eigenvalue weighted by Crippen LogP contribution is -2.72. The Morgan fingerprint density at radius 2 is 0.826 bits per heavy atom. The van der Waals surface area contributed by atoms with E-state index in [2.05, 4.69) is 0 Å². The van der Waals surface area contributed by atoms with Gasteiger partial charge in [0.15, 0.2) is 0 Å². The Bertz CT molecular complexity index is 381. The van der Waals surface area contributed by atoms with E-state index in [1.807, 2.05) is 0 Å². The highest BCUT2D eigenvalue weighted by Gasteiger charge is 2.97. The highest BCUT2D eigenvalue weighted by molar-refractivity contribution is 7.98. The van der Waals surface area contributed by atoms with Gasteiger partial charge in [0.2, 0.25) is 0 Å². The first kappa shape index (κ1) is 22.4. The van der Waals surface area contributed by atoms with E-state index >= 15 is 0 Å². The van der Waals surface area contributed by atoms with Crippen LogP contribution in [0.15, 0.2) is 0 Å². The third kappa shape index (κ3) is 3.30. The fourth-order valence-electron chi connectivity index (χ4n) is 1.52. The highest BCUT2D eigenvalue weighted by Crippen LogP contribution is 2.70. The van der Waals surface area contributed by atoms with Gasteiger partial charge in [-0.3, -0.25) is 4.31 Å². The Morgan fingerprint density at radius 3 is 1.00 bits per heavy atom. The number of hydrogen-bond acceptors (Lipinski definition) is 2. The Hall–Kier alpha value is -0.600. The van der Waals surface area contributed by atoms with E-state index in [0.29, 0.717) is 14.1 Å². The molecule has 0 aromatic rings. The summed E-state index contributed by atoms with van der Waals surface area (Å²) in [7, 11) is 1.01. The van der Waals surface area contributed by atoms with Gasteiger partial charge < -0.3 is 0 Å². The molecular formula is C8H6F13NS. The molecule has 0 fully saturated rings. The first-order valence-electron chi connectivity index (χ1n) is 4.99. The van der Waals surface area contributed by atoms with Crippen molar-refractivity contribution in [1.29, 1.82) is 0 Å². The molecule has 0 radical (unpaired) electrons. The summed E-state index contributed by atoms with van der Waals surface area (Å²) >= 11 is -1.61. The molecule has 0 spiro atoms. The average Bonchev–Trinajstić information content (AvgIpc) is 2.05. The van der Waals surface area contributed by atoms with Crippen molar-refractivity contribution in [2.24, 2.45) is 5.41 Å². The minimum absolute atomic E-state index is 0.0677. The molecule has 1 nitrogen and oxygen atoms in total. The summed E-state index contributed by atoms with van der Waals surface area (Å²) < 4.78 is 165. The van der Waals surface area contributed by atoms with Crippen molar-refractivity contribution in [3.63, 3.8) is 0 Å². The van der Waals surface area contributed by atoms with Gasteiger partial charge in [-0.2, -0.15) is 57.1 Å². The summed E-state index contributed by atoms with van der Waals surface area (Å²) in [6.07, 6.45) is -23.4. The fraction of sp³-hybridized carbons (Fsp3) is 1.00. The summed E-state index contributed by atoms with van der Waals surface area (Å²) in [4.78, 5) is 0. The van der Waals surface area contributed by atoms with Gasteiger partial charge in [-0.15, -0.1) is 0 Å². The third-order valence-electron chi connectivity index (χ3n) is 2.41. The van der Waals surface area contributed by atoms with Crippen molar-refractivity contribution >= 4 is 11.9 Å². The molecule has 0 bridgehead atoms. The molecule has 0 rings (SSSR count). The fourth-order valence-corrected chi connectivity index (χ4v) is 2.25. The third-order valence-corrected chi connectivity index (χ3v) is 3.26. The van der Waals surface area contributed by atoms with Crippen molar-refractivity contribution in [3.05, 3.63) is 0 Å². The zero-order chi connectivity index (χ0) is 19.3. The summed E-state index contributed by atoms with van der Waals surface area (Å²) in [5, 5.41) is -6.38. The van der Waals surface area contributed by atoms with Crippen LogP contribution in [0.4, 0.5) is 57.1 Å². The lowest BCUT2D eigenvalue weighted by molar-refractivity contribution is -0.489. The SMILES string of the molecule is CN(C)SC(F)(F)C(F)(F)C(C(F)(F)F)(C(F)(F)F)C(F)(F)F. The molecular weight excluding hydrogens is 389 g/mol. The molecule has 0 amide bonds. The number of halogens is 13. The van der Waals surface area contributed by atoms with E-state index in [1.165, 1.54) is 0 Å². The van der Waals surface area contributed by atoms with Gasteiger partial charge in [-0.25, -0.2) is 0 Å². The van der Waals surface area contributed by atoms with E-state index < -0.39 is 47.1 Å². The summed E-state index contributed by atoms with van der Waals surface area (Å²) in [6, 6.07) is 0. The van der Waals surface area contributed by atoms with Gasteiger partial charge in [0.1, 0.15) is 0 Å². The van der Waals surface area contributed by atoms with Crippen molar-refractivity contribution in [2.75, 3.05) is 14.1 Å². The maximum atomic E-state index is 13.4. The maximum absolute atomic E-state index is 13.4. The van der Waals surface area contributed by atoms with Crippen LogP contribution in [0.25, 0.3) is 0 Å². The van der Waals surface area contributed by atoms with Crippen molar-refractivity contribution in [2.45, 2.75) is 29.7 Å². The largest absolute Gasteiger partial charge is 0.418 e. The Morgan fingerprint density at radius 1 is 0.565 bits per heavy atom. The van der Waals surface area contributed by atoms with Gasteiger partial charge in [0, 0.05) is 11.9 Å².